The van der Waals surface area contributed by atoms with E-state index < -0.39 is 16.1 Å². The predicted molar refractivity (Wildman–Crippen MR) is 93.1 cm³/mol. The minimum Gasteiger partial charge on any atom is -0.341 e. The number of aryl methyl sites for hydroxylation is 1. The van der Waals surface area contributed by atoms with Crippen LogP contribution in [0.25, 0.3) is 0 Å². The van der Waals surface area contributed by atoms with Crippen LogP contribution in [-0.4, -0.2) is 54.2 Å². The molecular weight excluding hydrogens is 328 g/mol. The molecule has 0 spiro atoms. The second-order valence-corrected chi connectivity index (χ2v) is 8.32. The molecule has 1 fully saturated rings. The number of nitrogens with zero attached hydrogens (tertiary/aromatic N) is 3. The summed E-state index contributed by atoms with van der Waals surface area (Å²) in [6.07, 6.45) is 8.95. The van der Waals surface area contributed by atoms with Crippen LogP contribution in [0.5, 0.6) is 0 Å². The van der Waals surface area contributed by atoms with Gasteiger partial charge in [-0.15, -0.1) is 0 Å². The fourth-order valence-corrected chi connectivity index (χ4v) is 3.94. The molecule has 7 nitrogen and oxygen atoms in total. The van der Waals surface area contributed by atoms with Crippen LogP contribution < -0.4 is 4.72 Å². The summed E-state index contributed by atoms with van der Waals surface area (Å²) >= 11 is 0. The van der Waals surface area contributed by atoms with Gasteiger partial charge in [0.05, 0.1) is 12.3 Å². The third-order valence-corrected chi connectivity index (χ3v) is 5.22. The zero-order valence-electron chi connectivity index (χ0n) is 14.7. The largest absolute Gasteiger partial charge is 0.341 e. The van der Waals surface area contributed by atoms with Crippen LogP contribution in [0.3, 0.4) is 0 Å². The van der Waals surface area contributed by atoms with E-state index in [-0.39, 0.29) is 5.91 Å². The second kappa shape index (κ2) is 8.11. The first-order valence-corrected chi connectivity index (χ1v) is 10.5. The number of unbranched alkanes of at least 4 members (excludes halogenated alkanes) is 1. The molecule has 1 atom stereocenters. The van der Waals surface area contributed by atoms with E-state index in [4.69, 9.17) is 0 Å². The molecule has 24 heavy (non-hydrogen) atoms. The molecule has 0 unspecified atom stereocenters. The lowest BCUT2D eigenvalue weighted by atomic mass is 9.95. The first-order valence-electron chi connectivity index (χ1n) is 8.59. The Morgan fingerprint density at radius 1 is 1.42 bits per heavy atom. The first kappa shape index (κ1) is 18.9. The average Bonchev–Trinajstić information content (AvgIpc) is 2.99. The van der Waals surface area contributed by atoms with E-state index in [0.29, 0.717) is 19.0 Å². The van der Waals surface area contributed by atoms with Crippen molar-refractivity contribution in [2.45, 2.75) is 58.0 Å². The van der Waals surface area contributed by atoms with E-state index in [2.05, 4.69) is 21.2 Å². The monoisotopic (exact) mass is 356 g/mol. The van der Waals surface area contributed by atoms with E-state index in [1.54, 1.807) is 11.8 Å². The quantitative estimate of drug-likeness (QED) is 0.799. The molecule has 1 aromatic heterocycles. The molecular formula is C16H28N4O3S. The van der Waals surface area contributed by atoms with E-state index in [1.807, 2.05) is 12.4 Å². The fourth-order valence-electron chi connectivity index (χ4n) is 3.20. The maximum atomic E-state index is 12.4. The fraction of sp³-hybridized carbons (Fsp3) is 0.750. The van der Waals surface area contributed by atoms with Crippen LogP contribution >= 0.6 is 0 Å². The van der Waals surface area contributed by atoms with Crippen LogP contribution in [-0.2, 0) is 21.4 Å². The van der Waals surface area contributed by atoms with Crippen molar-refractivity contribution in [3.05, 3.63) is 18.2 Å². The van der Waals surface area contributed by atoms with E-state index in [0.717, 1.165) is 44.3 Å². The van der Waals surface area contributed by atoms with Crippen molar-refractivity contribution in [2.75, 3.05) is 19.3 Å². The number of carbonyl (C=O) groups is 1. The Bertz CT molecular complexity index is 648. The van der Waals surface area contributed by atoms with Gasteiger partial charge < -0.3 is 9.47 Å². The van der Waals surface area contributed by atoms with Gasteiger partial charge in [-0.25, -0.2) is 18.1 Å². The molecule has 1 aromatic rings. The van der Waals surface area contributed by atoms with Gasteiger partial charge in [0.25, 0.3) is 0 Å². The predicted octanol–water partition coefficient (Wildman–Crippen LogP) is 1.33. The number of hydrogen-bond donors (Lipinski definition) is 1. The Hall–Kier alpha value is -1.41. The van der Waals surface area contributed by atoms with Crippen LogP contribution in [0.15, 0.2) is 12.4 Å². The highest BCUT2D eigenvalue weighted by Gasteiger charge is 2.29. The average molecular weight is 356 g/mol. The maximum Gasteiger partial charge on any atom is 0.240 e. The standard InChI is InChI=1S/C16H28N4O3S/c1-4-5-9-19-12-8-17-15(19)14-6-10-20(11-7-14)16(21)13(2)18-24(3,22)23/h8,12-14,18H,4-7,9-11H2,1-3H3/t13-/m0/s1. The Morgan fingerprint density at radius 2 is 2.08 bits per heavy atom. The summed E-state index contributed by atoms with van der Waals surface area (Å²) in [6, 6.07) is -0.719. The summed E-state index contributed by atoms with van der Waals surface area (Å²) in [5.41, 5.74) is 0. The van der Waals surface area contributed by atoms with Gasteiger partial charge >= 0.3 is 0 Å². The number of hydrogen-bond acceptors (Lipinski definition) is 4. The van der Waals surface area contributed by atoms with Crippen molar-refractivity contribution in [1.29, 1.82) is 0 Å². The zero-order chi connectivity index (χ0) is 17.7. The number of carbonyl (C=O) groups excluding carboxylic acids is 1. The number of sulfonamides is 1. The number of likely N-dealkylation sites (tertiary alicyclic amines) is 1. The van der Waals surface area contributed by atoms with Gasteiger partial charge in [0.15, 0.2) is 0 Å². The first-order chi connectivity index (χ1) is 11.3. The number of amides is 1. The molecule has 2 heterocycles. The molecule has 2 rings (SSSR count). The van der Waals surface area contributed by atoms with Crippen LogP contribution in [0.1, 0.15) is 51.3 Å². The Morgan fingerprint density at radius 3 is 2.67 bits per heavy atom. The molecule has 0 aliphatic carbocycles. The summed E-state index contributed by atoms with van der Waals surface area (Å²) in [4.78, 5) is 18.6. The molecule has 8 heteroatoms. The molecule has 136 valence electrons. The smallest absolute Gasteiger partial charge is 0.240 e. The highest BCUT2D eigenvalue weighted by Crippen LogP contribution is 2.27. The molecule has 0 radical (unpaired) electrons. The number of imidazole rings is 1. The van der Waals surface area contributed by atoms with Crippen molar-refractivity contribution in [3.8, 4) is 0 Å². The molecule has 1 saturated heterocycles. The van der Waals surface area contributed by atoms with Crippen LogP contribution in [0.4, 0.5) is 0 Å². The van der Waals surface area contributed by atoms with Crippen molar-refractivity contribution >= 4 is 15.9 Å². The van der Waals surface area contributed by atoms with Gasteiger partial charge in [-0.05, 0) is 26.2 Å². The summed E-state index contributed by atoms with van der Waals surface area (Å²) < 4.78 is 27.1. The van der Waals surface area contributed by atoms with Gasteiger partial charge in [-0.3, -0.25) is 4.79 Å². The number of piperidine rings is 1. The molecule has 1 aliphatic heterocycles. The lowest BCUT2D eigenvalue weighted by Gasteiger charge is -2.33. The Balaban J connectivity index is 1.91. The van der Waals surface area contributed by atoms with Gasteiger partial charge in [0, 0.05) is 37.9 Å². The highest BCUT2D eigenvalue weighted by atomic mass is 32.2. The second-order valence-electron chi connectivity index (χ2n) is 6.54. The molecule has 1 aliphatic rings. The van der Waals surface area contributed by atoms with Crippen molar-refractivity contribution in [3.63, 3.8) is 0 Å². The molecule has 1 N–H and O–H groups in total. The van der Waals surface area contributed by atoms with Gasteiger partial charge in [0.2, 0.25) is 15.9 Å². The normalized spacial score (nSPS) is 17.9. The lowest BCUT2D eigenvalue weighted by Crippen LogP contribution is -2.49. The Labute approximate surface area is 144 Å². The summed E-state index contributed by atoms with van der Waals surface area (Å²) in [7, 11) is -3.38. The topological polar surface area (TPSA) is 84.3 Å². The highest BCUT2D eigenvalue weighted by molar-refractivity contribution is 7.88. The number of nitrogens with one attached hydrogen (secondary N) is 1. The zero-order valence-corrected chi connectivity index (χ0v) is 15.6. The van der Waals surface area contributed by atoms with Gasteiger partial charge in [-0.2, -0.15) is 0 Å². The summed E-state index contributed by atoms with van der Waals surface area (Å²) in [5, 5.41) is 0. The lowest BCUT2D eigenvalue weighted by molar-refractivity contribution is -0.133. The summed E-state index contributed by atoms with van der Waals surface area (Å²) in [5.74, 6) is 1.31. The number of aromatic nitrogens is 2. The third-order valence-electron chi connectivity index (χ3n) is 4.43. The van der Waals surface area contributed by atoms with Crippen molar-refractivity contribution < 1.29 is 13.2 Å². The molecule has 1 amide bonds. The SMILES string of the molecule is CCCCn1ccnc1C1CCN(C(=O)[C@H](C)NS(C)(=O)=O)CC1. The number of rotatable bonds is 7. The van der Waals surface area contributed by atoms with Gasteiger partial charge in [0.1, 0.15) is 5.82 Å². The third kappa shape index (κ3) is 5.04. The van der Waals surface area contributed by atoms with Crippen molar-refractivity contribution in [1.82, 2.24) is 19.2 Å². The van der Waals surface area contributed by atoms with Crippen molar-refractivity contribution in [2.24, 2.45) is 0 Å². The van der Waals surface area contributed by atoms with E-state index >= 15 is 0 Å². The molecule has 0 aromatic carbocycles. The summed E-state index contributed by atoms with van der Waals surface area (Å²) in [6.45, 7) is 6.03. The molecule has 0 bridgehead atoms. The maximum absolute atomic E-state index is 12.4. The Kier molecular flexibility index (Phi) is 6.40. The molecule has 0 saturated carbocycles. The van der Waals surface area contributed by atoms with E-state index in [1.165, 1.54) is 0 Å². The van der Waals surface area contributed by atoms with Gasteiger partial charge in [-0.1, -0.05) is 13.3 Å². The van der Waals surface area contributed by atoms with Crippen LogP contribution in [0.2, 0.25) is 0 Å². The minimum absolute atomic E-state index is 0.159. The van der Waals surface area contributed by atoms with E-state index in [9.17, 15) is 13.2 Å². The van der Waals surface area contributed by atoms with Crippen LogP contribution in [0, 0.1) is 0 Å². The minimum atomic E-state index is -3.38.